The second-order valence-corrected chi connectivity index (χ2v) is 11.2. The molecular formula is C25H26N6O3S2. The van der Waals surface area contributed by atoms with Crippen molar-refractivity contribution in [3.05, 3.63) is 71.7 Å². The summed E-state index contributed by atoms with van der Waals surface area (Å²) in [5.41, 5.74) is 2.82. The predicted molar refractivity (Wildman–Crippen MR) is 142 cm³/mol. The van der Waals surface area contributed by atoms with Crippen LogP contribution in [0.25, 0.3) is 10.7 Å². The highest BCUT2D eigenvalue weighted by Crippen LogP contribution is 2.28. The predicted octanol–water partition coefficient (Wildman–Crippen LogP) is 4.17. The number of rotatable bonds is 7. The van der Waals surface area contributed by atoms with Gasteiger partial charge in [-0.3, -0.25) is 0 Å². The van der Waals surface area contributed by atoms with E-state index in [1.54, 1.807) is 37.6 Å². The van der Waals surface area contributed by atoms with Gasteiger partial charge < -0.3 is 15.0 Å². The number of anilines is 3. The molecule has 1 aliphatic rings. The van der Waals surface area contributed by atoms with E-state index in [9.17, 15) is 8.42 Å². The third-order valence-electron chi connectivity index (χ3n) is 5.91. The van der Waals surface area contributed by atoms with E-state index in [2.05, 4.69) is 10.3 Å². The quantitative estimate of drug-likeness (QED) is 0.386. The summed E-state index contributed by atoms with van der Waals surface area (Å²) in [6.07, 6.45) is 1.75. The second-order valence-electron chi connectivity index (χ2n) is 8.33. The third-order valence-corrected chi connectivity index (χ3v) is 8.62. The summed E-state index contributed by atoms with van der Waals surface area (Å²) in [7, 11) is -2.05. The summed E-state index contributed by atoms with van der Waals surface area (Å²) < 4.78 is 32.9. The lowest BCUT2D eigenvalue weighted by atomic mass is 10.2. The molecule has 0 aliphatic carbocycles. The zero-order valence-corrected chi connectivity index (χ0v) is 21.6. The van der Waals surface area contributed by atoms with E-state index in [0.29, 0.717) is 43.7 Å². The number of nitrogens with one attached hydrogen (secondary N) is 1. The van der Waals surface area contributed by atoms with Crippen LogP contribution in [0.1, 0.15) is 5.56 Å². The van der Waals surface area contributed by atoms with Crippen molar-refractivity contribution in [1.29, 1.82) is 0 Å². The van der Waals surface area contributed by atoms with Gasteiger partial charge in [-0.05, 0) is 43.3 Å². The van der Waals surface area contributed by atoms with Crippen LogP contribution in [0.15, 0.2) is 71.1 Å². The molecule has 0 bridgehead atoms. The average Bonchev–Trinajstić information content (AvgIpc) is 3.45. The lowest BCUT2D eigenvalue weighted by molar-refractivity contribution is 0.382. The standard InChI is InChI=1S/C25H26N6O3S2/c1-18-3-5-19(6-4-18)27-23-17-22(24-26-11-16-35-24)28-25(29-23)30-12-14-31(15-13-30)36(32,33)21-9-7-20(34-2)8-10-21/h3-11,16-17H,12-15H2,1-2H3,(H,27,28,29). The maximum Gasteiger partial charge on any atom is 0.243 e. The molecule has 1 N–H and O–H groups in total. The van der Waals surface area contributed by atoms with E-state index in [1.165, 1.54) is 21.2 Å². The van der Waals surface area contributed by atoms with E-state index in [1.807, 2.05) is 47.5 Å². The number of benzene rings is 2. The third kappa shape index (κ3) is 5.18. The normalized spacial score (nSPS) is 14.6. The molecule has 2 aromatic carbocycles. The van der Waals surface area contributed by atoms with Gasteiger partial charge >= 0.3 is 0 Å². The minimum absolute atomic E-state index is 0.253. The highest BCUT2D eigenvalue weighted by atomic mass is 32.2. The molecule has 0 radical (unpaired) electrons. The minimum atomic E-state index is -3.60. The summed E-state index contributed by atoms with van der Waals surface area (Å²) in [6, 6.07) is 16.4. The van der Waals surface area contributed by atoms with Crippen LogP contribution < -0.4 is 15.0 Å². The highest BCUT2D eigenvalue weighted by Gasteiger charge is 2.29. The van der Waals surface area contributed by atoms with Gasteiger partial charge in [0.05, 0.1) is 12.0 Å². The van der Waals surface area contributed by atoms with Crippen molar-refractivity contribution < 1.29 is 13.2 Å². The Morgan fingerprint density at radius 2 is 1.69 bits per heavy atom. The van der Waals surface area contributed by atoms with Crippen molar-refractivity contribution in [2.24, 2.45) is 0 Å². The Morgan fingerprint density at radius 3 is 2.33 bits per heavy atom. The first-order valence-electron chi connectivity index (χ1n) is 11.4. The molecule has 1 saturated heterocycles. The number of aryl methyl sites for hydroxylation is 1. The summed E-state index contributed by atoms with van der Waals surface area (Å²) in [5, 5.41) is 6.07. The van der Waals surface area contributed by atoms with Crippen molar-refractivity contribution in [3.63, 3.8) is 0 Å². The van der Waals surface area contributed by atoms with E-state index >= 15 is 0 Å². The van der Waals surface area contributed by atoms with Gasteiger partial charge in [-0.1, -0.05) is 17.7 Å². The molecule has 2 aromatic heterocycles. The zero-order valence-electron chi connectivity index (χ0n) is 20.0. The smallest absolute Gasteiger partial charge is 0.243 e. The largest absolute Gasteiger partial charge is 0.497 e. The number of aromatic nitrogens is 3. The molecule has 11 heteroatoms. The highest BCUT2D eigenvalue weighted by molar-refractivity contribution is 7.89. The number of sulfonamides is 1. The topological polar surface area (TPSA) is 101 Å². The van der Waals surface area contributed by atoms with Crippen LogP contribution in [0.3, 0.4) is 0 Å². The summed E-state index contributed by atoms with van der Waals surface area (Å²) in [4.78, 5) is 16.2. The second kappa shape index (κ2) is 10.2. The van der Waals surface area contributed by atoms with Gasteiger partial charge in [-0.25, -0.2) is 18.4 Å². The summed E-state index contributed by atoms with van der Waals surface area (Å²) in [6.45, 7) is 3.66. The van der Waals surface area contributed by atoms with Crippen molar-refractivity contribution in [2.75, 3.05) is 43.5 Å². The van der Waals surface area contributed by atoms with Crippen LogP contribution in [-0.4, -0.2) is 61.0 Å². The van der Waals surface area contributed by atoms with Gasteiger partial charge in [0.1, 0.15) is 22.3 Å². The number of hydrogen-bond acceptors (Lipinski definition) is 9. The first-order chi connectivity index (χ1) is 17.4. The molecule has 186 valence electrons. The van der Waals surface area contributed by atoms with Crippen molar-refractivity contribution in [3.8, 4) is 16.5 Å². The van der Waals surface area contributed by atoms with Crippen molar-refractivity contribution in [1.82, 2.24) is 19.3 Å². The van der Waals surface area contributed by atoms with Gasteiger partial charge in [0.15, 0.2) is 0 Å². The fraction of sp³-hybridized carbons (Fsp3) is 0.240. The monoisotopic (exact) mass is 522 g/mol. The molecule has 0 atom stereocenters. The number of hydrogen-bond donors (Lipinski definition) is 1. The SMILES string of the molecule is COc1ccc(S(=O)(=O)N2CCN(c3nc(Nc4ccc(C)cc4)cc(-c4nccs4)n3)CC2)cc1. The maximum atomic E-state index is 13.1. The van der Waals surface area contributed by atoms with E-state index in [-0.39, 0.29) is 4.90 Å². The van der Waals surface area contributed by atoms with Crippen molar-refractivity contribution in [2.45, 2.75) is 11.8 Å². The first kappa shape index (κ1) is 24.2. The average molecular weight is 523 g/mol. The molecule has 0 saturated carbocycles. The van der Waals surface area contributed by atoms with Crippen LogP contribution in [0.5, 0.6) is 5.75 Å². The fourth-order valence-corrected chi connectivity index (χ4v) is 5.93. The first-order valence-corrected chi connectivity index (χ1v) is 13.8. The Balaban J connectivity index is 1.36. The van der Waals surface area contributed by atoms with Gasteiger partial charge in [0, 0.05) is 49.5 Å². The Kier molecular flexibility index (Phi) is 6.86. The lowest BCUT2D eigenvalue weighted by Crippen LogP contribution is -2.49. The number of nitrogens with zero attached hydrogens (tertiary/aromatic N) is 5. The van der Waals surface area contributed by atoms with E-state index < -0.39 is 10.0 Å². The molecule has 3 heterocycles. The van der Waals surface area contributed by atoms with Gasteiger partial charge in [0.2, 0.25) is 16.0 Å². The Bertz CT molecular complexity index is 1420. The number of ether oxygens (including phenoxy) is 1. The lowest BCUT2D eigenvalue weighted by Gasteiger charge is -2.34. The molecule has 1 aliphatic heterocycles. The molecular weight excluding hydrogens is 496 g/mol. The van der Waals surface area contributed by atoms with Gasteiger partial charge in [-0.2, -0.15) is 9.29 Å². The summed E-state index contributed by atoms with van der Waals surface area (Å²) >= 11 is 1.51. The molecule has 1 fully saturated rings. The van der Waals surface area contributed by atoms with Crippen molar-refractivity contribution >= 4 is 38.8 Å². The summed E-state index contributed by atoms with van der Waals surface area (Å²) in [5.74, 6) is 1.81. The molecule has 5 rings (SSSR count). The number of methoxy groups -OCH3 is 1. The van der Waals surface area contributed by atoms with Crippen LogP contribution in [0, 0.1) is 6.92 Å². The van der Waals surface area contributed by atoms with Crippen LogP contribution >= 0.6 is 11.3 Å². The van der Waals surface area contributed by atoms with Gasteiger partial charge in [-0.15, -0.1) is 11.3 Å². The number of piperazine rings is 1. The molecule has 0 amide bonds. The van der Waals surface area contributed by atoms with E-state index in [0.717, 1.165) is 16.4 Å². The van der Waals surface area contributed by atoms with Crippen LogP contribution in [-0.2, 0) is 10.0 Å². The molecule has 9 nitrogen and oxygen atoms in total. The molecule has 0 spiro atoms. The molecule has 0 unspecified atom stereocenters. The Labute approximate surface area is 214 Å². The molecule has 36 heavy (non-hydrogen) atoms. The Hall–Kier alpha value is -3.54. The molecule has 4 aromatic rings. The maximum absolute atomic E-state index is 13.1. The van der Waals surface area contributed by atoms with Crippen LogP contribution in [0.2, 0.25) is 0 Å². The van der Waals surface area contributed by atoms with Gasteiger partial charge in [0.25, 0.3) is 0 Å². The zero-order chi connectivity index (χ0) is 25.1. The number of thiazole rings is 1. The Morgan fingerprint density at radius 1 is 0.972 bits per heavy atom. The van der Waals surface area contributed by atoms with E-state index in [4.69, 9.17) is 14.7 Å². The minimum Gasteiger partial charge on any atom is -0.497 e. The van der Waals surface area contributed by atoms with Crippen LogP contribution in [0.4, 0.5) is 17.5 Å². The fourth-order valence-electron chi connectivity index (χ4n) is 3.91.